The van der Waals surface area contributed by atoms with Crippen LogP contribution >= 0.6 is 0 Å². The third-order valence-corrected chi connectivity index (χ3v) is 6.73. The molecular weight excluding hydrogens is 549 g/mol. The Hall–Kier alpha value is -5.06. The van der Waals surface area contributed by atoms with Gasteiger partial charge in [0.25, 0.3) is 5.91 Å². The molecular formula is C31H27F3N4O4. The summed E-state index contributed by atoms with van der Waals surface area (Å²) in [4.78, 5) is 31.7. The van der Waals surface area contributed by atoms with Crippen LogP contribution in [0.5, 0.6) is 17.4 Å². The monoisotopic (exact) mass is 576 g/mol. The summed E-state index contributed by atoms with van der Waals surface area (Å²) in [5.74, 6) is 0.544. The predicted octanol–water partition coefficient (Wildman–Crippen LogP) is 7.44. The Morgan fingerprint density at radius 3 is 2.24 bits per heavy atom. The Balaban J connectivity index is 1.23. The Morgan fingerprint density at radius 1 is 0.833 bits per heavy atom. The van der Waals surface area contributed by atoms with E-state index >= 15 is 0 Å². The van der Waals surface area contributed by atoms with Crippen LogP contribution in [0.1, 0.15) is 34.7 Å². The predicted molar refractivity (Wildman–Crippen MR) is 151 cm³/mol. The lowest BCUT2D eigenvalue weighted by molar-refractivity contribution is -0.274. The van der Waals surface area contributed by atoms with Gasteiger partial charge in [-0.3, -0.25) is 4.79 Å². The van der Waals surface area contributed by atoms with E-state index < -0.39 is 18.1 Å². The summed E-state index contributed by atoms with van der Waals surface area (Å²) in [6.45, 7) is 1.24. The molecule has 0 bridgehead atoms. The summed E-state index contributed by atoms with van der Waals surface area (Å²) in [5.41, 5.74) is 2.21. The van der Waals surface area contributed by atoms with Crippen LogP contribution in [-0.2, 0) is 0 Å². The first-order valence-electron chi connectivity index (χ1n) is 13.2. The van der Waals surface area contributed by atoms with Crippen molar-refractivity contribution in [2.24, 2.45) is 0 Å². The lowest BCUT2D eigenvalue weighted by Gasteiger charge is -2.33. The van der Waals surface area contributed by atoms with Crippen molar-refractivity contribution in [3.63, 3.8) is 0 Å². The van der Waals surface area contributed by atoms with Gasteiger partial charge < -0.3 is 25.0 Å². The SMILES string of the molecule is O=C(Nc1ccc(OC(F)(F)F)cc1)Nc1cccnc1Oc1ccccc1C1CCN(C(=O)c2ccccc2)CC1. The highest BCUT2D eigenvalue weighted by atomic mass is 19.4. The molecule has 1 aliphatic rings. The number of para-hydroxylation sites is 1. The van der Waals surface area contributed by atoms with Crippen LogP contribution in [0, 0.1) is 0 Å². The lowest BCUT2D eigenvalue weighted by atomic mass is 9.88. The number of urea groups is 1. The fraction of sp³-hybridized carbons (Fsp3) is 0.194. The summed E-state index contributed by atoms with van der Waals surface area (Å²) in [6.07, 6.45) is -1.74. The second-order valence-corrected chi connectivity index (χ2v) is 9.58. The van der Waals surface area contributed by atoms with Gasteiger partial charge in [-0.25, -0.2) is 9.78 Å². The van der Waals surface area contributed by atoms with Crippen molar-refractivity contribution in [2.75, 3.05) is 23.7 Å². The van der Waals surface area contributed by atoms with E-state index in [1.165, 1.54) is 18.3 Å². The van der Waals surface area contributed by atoms with E-state index in [2.05, 4.69) is 20.4 Å². The highest BCUT2D eigenvalue weighted by Gasteiger charge is 2.31. The Kier molecular flexibility index (Phi) is 8.56. The number of benzene rings is 3. The average molecular weight is 577 g/mol. The summed E-state index contributed by atoms with van der Waals surface area (Å²) < 4.78 is 47.2. The first-order valence-corrected chi connectivity index (χ1v) is 13.2. The lowest BCUT2D eigenvalue weighted by Crippen LogP contribution is -2.37. The quantitative estimate of drug-likeness (QED) is 0.239. The molecule has 0 saturated carbocycles. The second-order valence-electron chi connectivity index (χ2n) is 9.58. The first-order chi connectivity index (χ1) is 20.2. The number of nitrogens with zero attached hydrogens (tertiary/aromatic N) is 2. The third kappa shape index (κ3) is 7.36. The maximum atomic E-state index is 12.9. The number of anilines is 2. The number of nitrogens with one attached hydrogen (secondary N) is 2. The fourth-order valence-corrected chi connectivity index (χ4v) is 4.76. The molecule has 0 radical (unpaired) electrons. The molecule has 1 aromatic heterocycles. The van der Waals surface area contributed by atoms with E-state index in [1.807, 2.05) is 59.5 Å². The molecule has 1 aliphatic heterocycles. The molecule has 4 aromatic rings. The second kappa shape index (κ2) is 12.6. The van der Waals surface area contributed by atoms with Gasteiger partial charge in [-0.05, 0) is 78.9 Å². The number of aromatic nitrogens is 1. The van der Waals surface area contributed by atoms with Gasteiger partial charge in [0.2, 0.25) is 5.88 Å². The Labute approximate surface area is 240 Å². The number of likely N-dealkylation sites (tertiary alicyclic amines) is 1. The van der Waals surface area contributed by atoms with Gasteiger partial charge in [-0.2, -0.15) is 0 Å². The van der Waals surface area contributed by atoms with Crippen molar-refractivity contribution in [1.29, 1.82) is 0 Å². The van der Waals surface area contributed by atoms with E-state index in [-0.39, 0.29) is 23.4 Å². The van der Waals surface area contributed by atoms with Gasteiger partial charge in [0.05, 0.1) is 0 Å². The molecule has 1 saturated heterocycles. The van der Waals surface area contributed by atoms with Crippen LogP contribution < -0.4 is 20.1 Å². The summed E-state index contributed by atoms with van der Waals surface area (Å²) in [7, 11) is 0. The van der Waals surface area contributed by atoms with E-state index in [1.54, 1.807) is 12.1 Å². The number of hydrogen-bond donors (Lipinski definition) is 2. The average Bonchev–Trinajstić information content (AvgIpc) is 2.99. The number of ether oxygens (including phenoxy) is 2. The minimum atomic E-state index is -4.81. The highest BCUT2D eigenvalue weighted by molar-refractivity contribution is 6.00. The molecule has 11 heteroatoms. The van der Waals surface area contributed by atoms with Crippen molar-refractivity contribution < 1.29 is 32.2 Å². The molecule has 0 aliphatic carbocycles. The zero-order chi connectivity index (χ0) is 29.5. The van der Waals surface area contributed by atoms with E-state index in [0.29, 0.717) is 30.1 Å². The Morgan fingerprint density at radius 2 is 1.52 bits per heavy atom. The maximum Gasteiger partial charge on any atom is 0.573 e. The standard InChI is InChI=1S/C31H27F3N4O4/c32-31(33,34)42-24-14-12-23(13-15-24)36-30(40)37-26-10-6-18-35-28(26)41-27-11-5-4-9-25(27)21-16-19-38(20-17-21)29(39)22-7-2-1-3-8-22/h1-15,18,21H,16-17,19-20H2,(H2,36,37,40). The zero-order valence-electron chi connectivity index (χ0n) is 22.3. The normalized spacial score (nSPS) is 13.7. The minimum Gasteiger partial charge on any atom is -0.437 e. The fourth-order valence-electron chi connectivity index (χ4n) is 4.76. The van der Waals surface area contributed by atoms with Crippen molar-refractivity contribution in [1.82, 2.24) is 9.88 Å². The molecule has 3 aromatic carbocycles. The molecule has 1 fully saturated rings. The molecule has 3 amide bonds. The molecule has 0 unspecified atom stereocenters. The van der Waals surface area contributed by atoms with Gasteiger partial charge in [0.15, 0.2) is 0 Å². The number of rotatable bonds is 7. The molecule has 8 nitrogen and oxygen atoms in total. The van der Waals surface area contributed by atoms with Crippen LogP contribution in [0.3, 0.4) is 0 Å². The van der Waals surface area contributed by atoms with Crippen molar-refractivity contribution in [3.05, 3.63) is 108 Å². The van der Waals surface area contributed by atoms with Crippen LogP contribution in [-0.4, -0.2) is 41.3 Å². The summed E-state index contributed by atoms with van der Waals surface area (Å²) >= 11 is 0. The number of pyridine rings is 1. The van der Waals surface area contributed by atoms with Crippen molar-refractivity contribution in [2.45, 2.75) is 25.1 Å². The summed E-state index contributed by atoms with van der Waals surface area (Å²) in [5, 5.41) is 5.23. The van der Waals surface area contributed by atoms with E-state index in [0.717, 1.165) is 30.5 Å². The largest absolute Gasteiger partial charge is 0.573 e. The first kappa shape index (κ1) is 28.5. The van der Waals surface area contributed by atoms with Crippen LogP contribution in [0.25, 0.3) is 0 Å². The van der Waals surface area contributed by atoms with Crippen LogP contribution in [0.4, 0.5) is 29.3 Å². The van der Waals surface area contributed by atoms with Crippen LogP contribution in [0.2, 0.25) is 0 Å². The molecule has 0 spiro atoms. The van der Waals surface area contributed by atoms with Crippen molar-refractivity contribution >= 4 is 23.3 Å². The minimum absolute atomic E-state index is 0.0200. The highest BCUT2D eigenvalue weighted by Crippen LogP contribution is 2.37. The zero-order valence-corrected chi connectivity index (χ0v) is 22.3. The van der Waals surface area contributed by atoms with Gasteiger partial charge in [0.1, 0.15) is 17.2 Å². The number of carbonyl (C=O) groups is 2. The molecule has 0 atom stereocenters. The molecule has 2 heterocycles. The van der Waals surface area contributed by atoms with Gasteiger partial charge in [-0.15, -0.1) is 13.2 Å². The maximum absolute atomic E-state index is 12.9. The Bertz CT molecular complexity index is 1520. The number of carbonyl (C=O) groups excluding carboxylic acids is 2. The number of alkyl halides is 3. The van der Waals surface area contributed by atoms with Gasteiger partial charge in [-0.1, -0.05) is 36.4 Å². The molecule has 5 rings (SSSR count). The topological polar surface area (TPSA) is 92.8 Å². The molecule has 2 N–H and O–H groups in total. The van der Waals surface area contributed by atoms with E-state index in [9.17, 15) is 22.8 Å². The smallest absolute Gasteiger partial charge is 0.437 e. The number of hydrogen-bond acceptors (Lipinski definition) is 5. The van der Waals surface area contributed by atoms with Crippen molar-refractivity contribution in [3.8, 4) is 17.4 Å². The third-order valence-electron chi connectivity index (χ3n) is 6.73. The molecule has 216 valence electrons. The van der Waals surface area contributed by atoms with E-state index in [4.69, 9.17) is 4.74 Å². The molecule has 42 heavy (non-hydrogen) atoms. The number of amides is 3. The van der Waals surface area contributed by atoms with Crippen LogP contribution in [0.15, 0.2) is 97.2 Å². The summed E-state index contributed by atoms with van der Waals surface area (Å²) in [6, 6.07) is 24.2. The van der Waals surface area contributed by atoms with Gasteiger partial charge >= 0.3 is 12.4 Å². The number of halogens is 3. The number of piperidine rings is 1. The van der Waals surface area contributed by atoms with Gasteiger partial charge in [0, 0.05) is 30.5 Å².